The molecule has 1 aliphatic carbocycles. The Bertz CT molecular complexity index is 309. The molecule has 2 rings (SSSR count). The molecule has 5 nitrogen and oxygen atoms in total. The van der Waals surface area contributed by atoms with E-state index in [-0.39, 0.29) is 6.10 Å². The van der Waals surface area contributed by atoms with Crippen molar-refractivity contribution in [1.29, 1.82) is 0 Å². The van der Waals surface area contributed by atoms with Crippen LogP contribution in [0, 0.1) is 5.92 Å². The molecule has 0 saturated heterocycles. The van der Waals surface area contributed by atoms with E-state index in [0.717, 1.165) is 13.0 Å². The number of aromatic nitrogens is 2. The van der Waals surface area contributed by atoms with Crippen LogP contribution in [0.2, 0.25) is 0 Å². The summed E-state index contributed by atoms with van der Waals surface area (Å²) in [4.78, 5) is 4.34. The van der Waals surface area contributed by atoms with Gasteiger partial charge in [-0.25, -0.2) is 0 Å². The van der Waals surface area contributed by atoms with Crippen molar-refractivity contribution in [3.05, 3.63) is 11.7 Å². The summed E-state index contributed by atoms with van der Waals surface area (Å²) in [5.74, 6) is 1.97. The van der Waals surface area contributed by atoms with Crippen molar-refractivity contribution in [2.24, 2.45) is 5.92 Å². The van der Waals surface area contributed by atoms with Gasteiger partial charge < -0.3 is 14.6 Å². The topological polar surface area (TPSA) is 60.2 Å². The molecule has 0 amide bonds. The molecular weight excluding hydrogens is 194 g/mol. The van der Waals surface area contributed by atoms with Gasteiger partial charge in [-0.05, 0) is 25.8 Å². The normalized spacial score (nSPS) is 18.0. The molecule has 0 aromatic carbocycles. The summed E-state index contributed by atoms with van der Waals surface area (Å²) in [6.45, 7) is 0.850. The Hall–Kier alpha value is -0.940. The number of likely N-dealkylation sites (N-methyl/N-ethyl adjacent to an activating group) is 1. The van der Waals surface area contributed by atoms with Gasteiger partial charge in [0.15, 0.2) is 0 Å². The number of hydrogen-bond donors (Lipinski definition) is 1. The van der Waals surface area contributed by atoms with E-state index in [1.165, 1.54) is 12.8 Å². The van der Waals surface area contributed by atoms with Crippen LogP contribution in [0.3, 0.4) is 0 Å². The van der Waals surface area contributed by atoms with E-state index in [0.29, 0.717) is 17.6 Å². The number of ether oxygens (including phenoxy) is 1. The van der Waals surface area contributed by atoms with Crippen LogP contribution in [0.5, 0.6) is 0 Å². The molecule has 1 atom stereocenters. The van der Waals surface area contributed by atoms with Crippen LogP contribution in [-0.2, 0) is 11.2 Å². The summed E-state index contributed by atoms with van der Waals surface area (Å²) in [6.07, 6.45) is 3.21. The van der Waals surface area contributed by atoms with Crippen LogP contribution in [0.4, 0.5) is 0 Å². The smallest absolute Gasteiger partial charge is 0.228 e. The molecule has 5 heteroatoms. The average molecular weight is 211 g/mol. The maximum absolute atomic E-state index is 5.38. The van der Waals surface area contributed by atoms with E-state index in [9.17, 15) is 0 Å². The van der Waals surface area contributed by atoms with Gasteiger partial charge in [-0.2, -0.15) is 4.98 Å². The van der Waals surface area contributed by atoms with Crippen molar-refractivity contribution in [2.45, 2.75) is 25.4 Å². The fraction of sp³-hybridized carbons (Fsp3) is 0.800. The third kappa shape index (κ3) is 2.54. The second-order valence-electron chi connectivity index (χ2n) is 3.89. The number of nitrogens with one attached hydrogen (secondary N) is 1. The zero-order valence-corrected chi connectivity index (χ0v) is 9.19. The van der Waals surface area contributed by atoms with Crippen LogP contribution in [0.1, 0.15) is 30.7 Å². The third-order valence-corrected chi connectivity index (χ3v) is 2.63. The summed E-state index contributed by atoms with van der Waals surface area (Å²) < 4.78 is 10.5. The molecule has 1 aliphatic rings. The van der Waals surface area contributed by atoms with Crippen LogP contribution >= 0.6 is 0 Å². The van der Waals surface area contributed by atoms with Crippen LogP contribution in [0.25, 0.3) is 0 Å². The molecule has 1 aromatic heterocycles. The molecule has 84 valence electrons. The molecule has 1 aromatic rings. The Morgan fingerprint density at radius 2 is 2.40 bits per heavy atom. The van der Waals surface area contributed by atoms with E-state index in [4.69, 9.17) is 9.26 Å². The minimum absolute atomic E-state index is 0.0251. The Labute approximate surface area is 89.2 Å². The van der Waals surface area contributed by atoms with Crippen molar-refractivity contribution >= 4 is 0 Å². The lowest BCUT2D eigenvalue weighted by Crippen LogP contribution is -2.11. The first kappa shape index (κ1) is 10.6. The molecular formula is C10H17N3O2. The maximum atomic E-state index is 5.38. The van der Waals surface area contributed by atoms with Crippen LogP contribution in [0.15, 0.2) is 4.52 Å². The third-order valence-electron chi connectivity index (χ3n) is 2.63. The number of nitrogens with zero attached hydrogens (tertiary/aromatic N) is 2. The zero-order chi connectivity index (χ0) is 10.7. The number of rotatable bonds is 6. The first-order valence-corrected chi connectivity index (χ1v) is 5.35. The minimum Gasteiger partial charge on any atom is -0.373 e. The van der Waals surface area contributed by atoms with Gasteiger partial charge in [0.25, 0.3) is 0 Å². The highest BCUT2D eigenvalue weighted by molar-refractivity contribution is 4.98. The van der Waals surface area contributed by atoms with E-state index in [2.05, 4.69) is 15.5 Å². The van der Waals surface area contributed by atoms with Gasteiger partial charge >= 0.3 is 0 Å². The van der Waals surface area contributed by atoms with E-state index in [1.807, 2.05) is 7.05 Å². The standard InChI is InChI=1S/C10H17N3O2/c1-11-6-5-8-12-10(13-15-8)9(14-2)7-3-4-7/h7,9,11H,3-6H2,1-2H3. The van der Waals surface area contributed by atoms with Crippen molar-refractivity contribution < 1.29 is 9.26 Å². The highest BCUT2D eigenvalue weighted by atomic mass is 16.5. The molecule has 1 saturated carbocycles. The lowest BCUT2D eigenvalue weighted by molar-refractivity contribution is 0.0751. The molecule has 0 bridgehead atoms. The number of hydrogen-bond acceptors (Lipinski definition) is 5. The summed E-state index contributed by atoms with van der Waals surface area (Å²) in [5.41, 5.74) is 0. The lowest BCUT2D eigenvalue weighted by atomic mass is 10.2. The average Bonchev–Trinajstić information content (AvgIpc) is 2.96. The zero-order valence-electron chi connectivity index (χ0n) is 9.19. The Kier molecular flexibility index (Phi) is 3.33. The Morgan fingerprint density at radius 3 is 3.00 bits per heavy atom. The molecule has 15 heavy (non-hydrogen) atoms. The fourth-order valence-corrected chi connectivity index (χ4v) is 1.62. The van der Waals surface area contributed by atoms with E-state index < -0.39 is 0 Å². The molecule has 0 radical (unpaired) electrons. The highest BCUT2D eigenvalue weighted by Gasteiger charge is 2.35. The molecule has 1 heterocycles. The van der Waals surface area contributed by atoms with Gasteiger partial charge in [0, 0.05) is 20.1 Å². The van der Waals surface area contributed by atoms with Crippen molar-refractivity contribution in [1.82, 2.24) is 15.5 Å². The number of methoxy groups -OCH3 is 1. The summed E-state index contributed by atoms with van der Waals surface area (Å²) in [6, 6.07) is 0. The van der Waals surface area contributed by atoms with Crippen molar-refractivity contribution in [2.75, 3.05) is 20.7 Å². The van der Waals surface area contributed by atoms with Crippen LogP contribution in [-0.4, -0.2) is 30.8 Å². The van der Waals surface area contributed by atoms with Gasteiger partial charge in [-0.15, -0.1) is 0 Å². The molecule has 0 aliphatic heterocycles. The van der Waals surface area contributed by atoms with Crippen molar-refractivity contribution in [3.63, 3.8) is 0 Å². The Balaban J connectivity index is 1.98. The monoisotopic (exact) mass is 211 g/mol. The van der Waals surface area contributed by atoms with E-state index in [1.54, 1.807) is 7.11 Å². The predicted molar refractivity (Wildman–Crippen MR) is 54.4 cm³/mol. The highest BCUT2D eigenvalue weighted by Crippen LogP contribution is 2.41. The first-order valence-electron chi connectivity index (χ1n) is 5.35. The van der Waals surface area contributed by atoms with Gasteiger partial charge in [-0.1, -0.05) is 5.16 Å². The van der Waals surface area contributed by atoms with Gasteiger partial charge in [0.1, 0.15) is 6.10 Å². The summed E-state index contributed by atoms with van der Waals surface area (Å²) in [7, 11) is 3.60. The summed E-state index contributed by atoms with van der Waals surface area (Å²) in [5, 5.41) is 7.01. The predicted octanol–water partition coefficient (Wildman–Crippen LogP) is 0.929. The fourth-order valence-electron chi connectivity index (χ4n) is 1.62. The van der Waals surface area contributed by atoms with Crippen LogP contribution < -0.4 is 5.32 Å². The maximum Gasteiger partial charge on any atom is 0.228 e. The quantitative estimate of drug-likeness (QED) is 0.758. The molecule has 1 unspecified atom stereocenters. The van der Waals surface area contributed by atoms with Gasteiger partial charge in [-0.3, -0.25) is 0 Å². The first-order chi connectivity index (χ1) is 7.35. The molecule has 0 spiro atoms. The van der Waals surface area contributed by atoms with E-state index >= 15 is 0 Å². The van der Waals surface area contributed by atoms with Gasteiger partial charge in [0.2, 0.25) is 11.7 Å². The second kappa shape index (κ2) is 4.72. The summed E-state index contributed by atoms with van der Waals surface area (Å²) >= 11 is 0. The lowest BCUT2D eigenvalue weighted by Gasteiger charge is -2.08. The second-order valence-corrected chi connectivity index (χ2v) is 3.89. The van der Waals surface area contributed by atoms with Gasteiger partial charge in [0.05, 0.1) is 0 Å². The molecule has 1 fully saturated rings. The Morgan fingerprint density at radius 1 is 1.60 bits per heavy atom. The molecule has 1 N–H and O–H groups in total. The largest absolute Gasteiger partial charge is 0.373 e. The minimum atomic E-state index is 0.0251. The van der Waals surface area contributed by atoms with Crippen molar-refractivity contribution in [3.8, 4) is 0 Å². The SMILES string of the molecule is CNCCc1nc(C(OC)C2CC2)no1.